The Kier molecular flexibility index (Phi) is 7.32. The van der Waals surface area contributed by atoms with Gasteiger partial charge in [-0.1, -0.05) is 12.1 Å². The van der Waals surface area contributed by atoms with E-state index in [0.29, 0.717) is 28.2 Å². The van der Waals surface area contributed by atoms with E-state index in [-0.39, 0.29) is 5.56 Å². The Morgan fingerprint density at radius 3 is 2.51 bits per heavy atom. The average Bonchev–Trinajstić information content (AvgIpc) is 3.44. The molecule has 12 heteroatoms. The molecule has 0 saturated carbocycles. The van der Waals surface area contributed by atoms with Gasteiger partial charge >= 0.3 is 6.18 Å². The molecule has 3 aromatic carbocycles. The summed E-state index contributed by atoms with van der Waals surface area (Å²) in [5.41, 5.74) is 3.72. The van der Waals surface area contributed by atoms with Gasteiger partial charge in [0.15, 0.2) is 5.65 Å². The highest BCUT2D eigenvalue weighted by Gasteiger charge is 2.31. The second-order valence-corrected chi connectivity index (χ2v) is 10.8. The highest BCUT2D eigenvalue weighted by atomic mass is 19.4. The van der Waals surface area contributed by atoms with Crippen LogP contribution in [0, 0.1) is 6.92 Å². The SMILES string of the molecule is Cc1ccc(NC(=O)c2cccc(C(F)(F)F)c2)cc1Nc1ncnc2c1cnn2-c1ccc([N+]2(C)CCNCC2)cc1. The van der Waals surface area contributed by atoms with Crippen molar-refractivity contribution in [2.24, 2.45) is 0 Å². The maximum absolute atomic E-state index is 13.1. The normalized spacial score (nSPS) is 14.9. The van der Waals surface area contributed by atoms with Gasteiger partial charge in [-0.05, 0) is 55.0 Å². The van der Waals surface area contributed by atoms with Crippen molar-refractivity contribution in [3.63, 3.8) is 0 Å². The highest BCUT2D eigenvalue weighted by molar-refractivity contribution is 6.04. The van der Waals surface area contributed by atoms with Gasteiger partial charge in [0.25, 0.3) is 5.91 Å². The molecule has 0 atom stereocenters. The molecule has 1 aliphatic heterocycles. The Bertz CT molecular complexity index is 1790. The molecule has 3 heterocycles. The second-order valence-electron chi connectivity index (χ2n) is 10.8. The van der Waals surface area contributed by atoms with Crippen LogP contribution in [0.25, 0.3) is 16.7 Å². The van der Waals surface area contributed by atoms with E-state index < -0.39 is 17.6 Å². The van der Waals surface area contributed by atoms with Gasteiger partial charge < -0.3 is 16.0 Å². The van der Waals surface area contributed by atoms with Crippen LogP contribution in [0.4, 0.5) is 36.1 Å². The number of likely N-dealkylation sites (N-methyl/N-ethyl adjacent to an activating group) is 1. The summed E-state index contributed by atoms with van der Waals surface area (Å²) in [5.74, 6) is -0.123. The molecule has 43 heavy (non-hydrogen) atoms. The maximum Gasteiger partial charge on any atom is 0.416 e. The molecule has 1 fully saturated rings. The molecule has 6 rings (SSSR count). The van der Waals surface area contributed by atoms with Crippen LogP contribution < -0.4 is 20.4 Å². The summed E-state index contributed by atoms with van der Waals surface area (Å²) in [6, 6.07) is 17.9. The van der Waals surface area contributed by atoms with E-state index in [1.54, 1.807) is 29.1 Å². The van der Waals surface area contributed by atoms with Gasteiger partial charge in [0, 0.05) is 42.2 Å². The standard InChI is InChI=1S/C31H29F3N8O/c1-20-6-7-23(39-30(43)21-4-3-5-22(16-21)31(32,33)34)17-27(20)40-28-26-18-38-41(29(26)37-19-36-28)24-8-10-25(11-9-24)42(2)14-12-35-13-15-42/h3-11,16-19,35H,12-15H2,1-2H3,(H-,36,37,38,39,40,43)/p+1. The molecule has 1 saturated heterocycles. The molecule has 0 radical (unpaired) electrons. The Morgan fingerprint density at radius 1 is 1.00 bits per heavy atom. The number of benzene rings is 3. The number of nitrogens with zero attached hydrogens (tertiary/aromatic N) is 5. The number of anilines is 3. The second kappa shape index (κ2) is 11.1. The van der Waals surface area contributed by atoms with Gasteiger partial charge in [-0.2, -0.15) is 18.3 Å². The Hall–Kier alpha value is -4.81. The summed E-state index contributed by atoms with van der Waals surface area (Å²) in [6.45, 7) is 5.92. The van der Waals surface area contributed by atoms with E-state index in [1.165, 1.54) is 24.1 Å². The lowest BCUT2D eigenvalue weighted by Crippen LogP contribution is -2.57. The Balaban J connectivity index is 1.23. The molecule has 9 nitrogen and oxygen atoms in total. The van der Waals surface area contributed by atoms with Gasteiger partial charge in [-0.25, -0.2) is 14.6 Å². The van der Waals surface area contributed by atoms with Crippen molar-refractivity contribution in [3.8, 4) is 5.69 Å². The van der Waals surface area contributed by atoms with Crippen molar-refractivity contribution in [1.82, 2.24) is 29.5 Å². The molecule has 0 spiro atoms. The van der Waals surface area contributed by atoms with Crippen molar-refractivity contribution < 1.29 is 18.0 Å². The number of aryl methyl sites for hydroxylation is 1. The number of carbonyl (C=O) groups is 1. The van der Waals surface area contributed by atoms with Crippen molar-refractivity contribution in [2.75, 3.05) is 43.9 Å². The highest BCUT2D eigenvalue weighted by Crippen LogP contribution is 2.31. The zero-order valence-corrected chi connectivity index (χ0v) is 23.6. The number of fused-ring (bicyclic) bond motifs is 1. The number of quaternary nitrogens is 1. The number of amides is 1. The van der Waals surface area contributed by atoms with E-state index in [9.17, 15) is 18.0 Å². The number of nitrogens with one attached hydrogen (secondary N) is 3. The van der Waals surface area contributed by atoms with Crippen LogP contribution in [0.5, 0.6) is 0 Å². The monoisotopic (exact) mass is 587 g/mol. The van der Waals surface area contributed by atoms with Crippen LogP contribution in [0.3, 0.4) is 0 Å². The molecule has 1 amide bonds. The van der Waals surface area contributed by atoms with Crippen molar-refractivity contribution in [2.45, 2.75) is 13.1 Å². The van der Waals surface area contributed by atoms with E-state index in [0.717, 1.165) is 54.0 Å². The number of piperazine rings is 1. The van der Waals surface area contributed by atoms with Crippen LogP contribution in [-0.2, 0) is 6.18 Å². The number of hydrogen-bond acceptors (Lipinski definition) is 6. The molecule has 5 aromatic rings. The van der Waals surface area contributed by atoms with Gasteiger partial charge in [0.1, 0.15) is 17.8 Å². The first-order valence-electron chi connectivity index (χ1n) is 13.8. The number of carbonyl (C=O) groups excluding carboxylic acids is 1. The molecular weight excluding hydrogens is 557 g/mol. The summed E-state index contributed by atoms with van der Waals surface area (Å²) in [5, 5.41) is 14.7. The summed E-state index contributed by atoms with van der Waals surface area (Å²) in [4.78, 5) is 21.7. The van der Waals surface area contributed by atoms with E-state index in [4.69, 9.17) is 0 Å². The van der Waals surface area contributed by atoms with E-state index >= 15 is 0 Å². The molecule has 0 bridgehead atoms. The number of hydrogen-bond donors (Lipinski definition) is 3. The maximum atomic E-state index is 13.1. The van der Waals surface area contributed by atoms with Crippen LogP contribution >= 0.6 is 0 Å². The largest absolute Gasteiger partial charge is 0.416 e. The van der Waals surface area contributed by atoms with Crippen LogP contribution in [-0.4, -0.2) is 58.9 Å². The van der Waals surface area contributed by atoms with Gasteiger partial charge in [-0.3, -0.25) is 9.28 Å². The zero-order valence-electron chi connectivity index (χ0n) is 23.6. The minimum Gasteiger partial charge on any atom is -0.339 e. The summed E-state index contributed by atoms with van der Waals surface area (Å²) in [6.07, 6.45) is -1.38. The van der Waals surface area contributed by atoms with Crippen molar-refractivity contribution >= 4 is 39.8 Å². The van der Waals surface area contributed by atoms with Gasteiger partial charge in [0.05, 0.1) is 43.0 Å². The fourth-order valence-electron chi connectivity index (χ4n) is 5.24. The fraction of sp³-hybridized carbons (Fsp3) is 0.226. The van der Waals surface area contributed by atoms with Crippen LogP contribution in [0.15, 0.2) is 79.3 Å². The topological polar surface area (TPSA) is 96.8 Å². The van der Waals surface area contributed by atoms with Crippen molar-refractivity contribution in [3.05, 3.63) is 95.9 Å². The third kappa shape index (κ3) is 5.79. The quantitative estimate of drug-likeness (QED) is 0.221. The Labute approximate surface area is 246 Å². The van der Waals surface area contributed by atoms with Crippen LogP contribution in [0.1, 0.15) is 21.5 Å². The predicted molar refractivity (Wildman–Crippen MR) is 161 cm³/mol. The third-order valence-electron chi connectivity index (χ3n) is 7.85. The lowest BCUT2D eigenvalue weighted by Gasteiger charge is -2.37. The zero-order chi connectivity index (χ0) is 30.2. The van der Waals surface area contributed by atoms with Crippen molar-refractivity contribution in [1.29, 1.82) is 0 Å². The summed E-state index contributed by atoms with van der Waals surface area (Å²) < 4.78 is 42.0. The predicted octanol–water partition coefficient (Wildman–Crippen LogP) is 5.68. The number of aromatic nitrogens is 4. The molecule has 1 aliphatic rings. The molecular formula is C31H30F3N8O+. The molecule has 0 aliphatic carbocycles. The smallest absolute Gasteiger partial charge is 0.339 e. The molecule has 220 valence electrons. The fourth-order valence-corrected chi connectivity index (χ4v) is 5.24. The lowest BCUT2D eigenvalue weighted by molar-refractivity contribution is -0.137. The number of alkyl halides is 3. The number of rotatable bonds is 6. The average molecular weight is 588 g/mol. The molecule has 0 unspecified atom stereocenters. The first kappa shape index (κ1) is 28.3. The van der Waals surface area contributed by atoms with Crippen LogP contribution in [0.2, 0.25) is 0 Å². The molecule has 2 aromatic heterocycles. The summed E-state index contributed by atoms with van der Waals surface area (Å²) in [7, 11) is 2.25. The molecule has 3 N–H and O–H groups in total. The first-order chi connectivity index (χ1) is 20.6. The number of halogens is 3. The van der Waals surface area contributed by atoms with E-state index in [1.807, 2.05) is 19.1 Å². The van der Waals surface area contributed by atoms with Gasteiger partial charge in [-0.15, -0.1) is 0 Å². The minimum absolute atomic E-state index is 0.0911. The third-order valence-corrected chi connectivity index (χ3v) is 7.85. The summed E-state index contributed by atoms with van der Waals surface area (Å²) >= 11 is 0. The minimum atomic E-state index is -4.54. The first-order valence-corrected chi connectivity index (χ1v) is 13.8. The van der Waals surface area contributed by atoms with E-state index in [2.05, 4.69) is 50.2 Å². The lowest BCUT2D eigenvalue weighted by atomic mass is 10.1. The van der Waals surface area contributed by atoms with Gasteiger partial charge in [0.2, 0.25) is 0 Å². The Morgan fingerprint density at radius 2 is 1.77 bits per heavy atom.